The van der Waals surface area contributed by atoms with Gasteiger partial charge in [-0.3, -0.25) is 4.79 Å². The van der Waals surface area contributed by atoms with E-state index in [-0.39, 0.29) is 5.91 Å². The summed E-state index contributed by atoms with van der Waals surface area (Å²) in [6.45, 7) is 4.15. The Hall–Kier alpha value is -2.66. The van der Waals surface area contributed by atoms with Gasteiger partial charge in [0, 0.05) is 21.7 Å². The van der Waals surface area contributed by atoms with Crippen LogP contribution in [-0.4, -0.2) is 18.0 Å². The van der Waals surface area contributed by atoms with Crippen LogP contribution in [0, 0.1) is 6.92 Å². The van der Waals surface area contributed by atoms with Crippen LogP contribution in [-0.2, 0) is 6.42 Å². The molecule has 1 aromatic heterocycles. The number of nitrogens with one attached hydrogen (secondary N) is 1. The van der Waals surface area contributed by atoms with Crippen molar-refractivity contribution in [1.29, 1.82) is 0 Å². The fourth-order valence-electron chi connectivity index (χ4n) is 2.59. The van der Waals surface area contributed by atoms with Gasteiger partial charge in [-0.15, -0.1) is 11.3 Å². The molecule has 1 heterocycles. The Bertz CT molecular complexity index is 868. The van der Waals surface area contributed by atoms with Crippen LogP contribution in [0.15, 0.2) is 48.5 Å². The predicted octanol–water partition coefficient (Wildman–Crippen LogP) is 4.94. The topological polar surface area (TPSA) is 51.2 Å². The lowest BCUT2D eigenvalue weighted by atomic mass is 10.1. The molecule has 2 aromatic carbocycles. The summed E-state index contributed by atoms with van der Waals surface area (Å²) in [5, 5.41) is 3.95. The second-order valence-electron chi connectivity index (χ2n) is 5.62. The molecule has 0 saturated carbocycles. The number of hydrogen-bond donors (Lipinski definition) is 1. The number of benzene rings is 2. The highest BCUT2D eigenvalue weighted by molar-refractivity contribution is 7.12. The predicted molar refractivity (Wildman–Crippen MR) is 103 cm³/mol. The number of ether oxygens (including phenoxy) is 1. The minimum absolute atomic E-state index is 0.137. The highest BCUT2D eigenvalue weighted by Gasteiger charge is 2.11. The van der Waals surface area contributed by atoms with Gasteiger partial charge in [0.25, 0.3) is 5.91 Å². The molecule has 0 atom stereocenters. The van der Waals surface area contributed by atoms with Gasteiger partial charge < -0.3 is 10.1 Å². The van der Waals surface area contributed by atoms with Gasteiger partial charge >= 0.3 is 0 Å². The van der Waals surface area contributed by atoms with Crippen molar-refractivity contribution < 1.29 is 9.53 Å². The average Bonchev–Trinajstić information content (AvgIpc) is 3.03. The molecule has 25 heavy (non-hydrogen) atoms. The number of anilines is 1. The molecular formula is C20H20N2O2S. The molecule has 1 N–H and O–H groups in total. The van der Waals surface area contributed by atoms with E-state index in [0.29, 0.717) is 5.56 Å². The molecule has 0 aliphatic carbocycles. The summed E-state index contributed by atoms with van der Waals surface area (Å²) in [6.07, 6.45) is 0.959. The van der Waals surface area contributed by atoms with E-state index in [9.17, 15) is 4.79 Å². The lowest BCUT2D eigenvalue weighted by Gasteiger charge is -2.07. The van der Waals surface area contributed by atoms with Gasteiger partial charge in [0.05, 0.1) is 17.8 Å². The highest BCUT2D eigenvalue weighted by Crippen LogP contribution is 2.28. The Morgan fingerprint density at radius 1 is 1.12 bits per heavy atom. The minimum atomic E-state index is -0.137. The first kappa shape index (κ1) is 17.2. The van der Waals surface area contributed by atoms with E-state index in [0.717, 1.165) is 34.1 Å². The number of aromatic nitrogens is 1. The number of carbonyl (C=O) groups excluding carboxylic acids is 1. The molecule has 0 fully saturated rings. The van der Waals surface area contributed by atoms with E-state index in [1.54, 1.807) is 18.4 Å². The summed E-state index contributed by atoms with van der Waals surface area (Å²) in [5.41, 5.74) is 3.41. The zero-order chi connectivity index (χ0) is 17.8. The van der Waals surface area contributed by atoms with Crippen LogP contribution in [0.25, 0.3) is 11.3 Å². The van der Waals surface area contributed by atoms with Gasteiger partial charge in [-0.05, 0) is 49.7 Å². The lowest BCUT2D eigenvalue weighted by molar-refractivity contribution is 0.102. The molecule has 0 spiro atoms. The van der Waals surface area contributed by atoms with Gasteiger partial charge in [-0.2, -0.15) is 0 Å². The highest BCUT2D eigenvalue weighted by atomic mass is 32.1. The maximum Gasteiger partial charge on any atom is 0.255 e. The molecule has 3 rings (SSSR count). The van der Waals surface area contributed by atoms with Crippen molar-refractivity contribution in [1.82, 2.24) is 4.98 Å². The molecule has 1 amide bonds. The van der Waals surface area contributed by atoms with E-state index < -0.39 is 0 Å². The molecule has 3 aromatic rings. The third kappa shape index (κ3) is 3.88. The monoisotopic (exact) mass is 352 g/mol. The van der Waals surface area contributed by atoms with Gasteiger partial charge in [-0.1, -0.05) is 19.1 Å². The molecule has 0 unspecified atom stereocenters. The van der Waals surface area contributed by atoms with E-state index in [4.69, 9.17) is 4.74 Å². The first-order valence-electron chi connectivity index (χ1n) is 8.13. The van der Waals surface area contributed by atoms with Gasteiger partial charge in [-0.25, -0.2) is 4.98 Å². The van der Waals surface area contributed by atoms with Crippen molar-refractivity contribution in [2.75, 3.05) is 12.4 Å². The van der Waals surface area contributed by atoms with Crippen molar-refractivity contribution in [3.63, 3.8) is 0 Å². The van der Waals surface area contributed by atoms with Crippen LogP contribution >= 0.6 is 11.3 Å². The quantitative estimate of drug-likeness (QED) is 0.707. The summed E-state index contributed by atoms with van der Waals surface area (Å²) in [5.74, 6) is 0.620. The average molecular weight is 352 g/mol. The fraction of sp³-hybridized carbons (Fsp3) is 0.200. The standard InChI is InChI=1S/C20H20N2O2S/c1-4-18-19(21-13(2)25-18)14-5-7-15(8-6-14)20(23)22-16-9-11-17(24-3)12-10-16/h5-12H,4H2,1-3H3,(H,22,23). The fourth-order valence-corrected chi connectivity index (χ4v) is 3.49. The Balaban J connectivity index is 1.75. The van der Waals surface area contributed by atoms with E-state index in [2.05, 4.69) is 17.2 Å². The molecule has 4 nitrogen and oxygen atoms in total. The Labute approximate surface area is 151 Å². The van der Waals surface area contributed by atoms with E-state index in [1.165, 1.54) is 4.88 Å². The molecule has 0 aliphatic rings. The van der Waals surface area contributed by atoms with Crippen LogP contribution in [0.1, 0.15) is 27.2 Å². The Morgan fingerprint density at radius 3 is 2.40 bits per heavy atom. The van der Waals surface area contributed by atoms with Crippen LogP contribution in [0.2, 0.25) is 0 Å². The minimum Gasteiger partial charge on any atom is -0.497 e. The number of nitrogens with zero attached hydrogens (tertiary/aromatic N) is 1. The van der Waals surface area contributed by atoms with E-state index in [1.807, 2.05) is 55.5 Å². The van der Waals surface area contributed by atoms with Gasteiger partial charge in [0.2, 0.25) is 0 Å². The molecular weight excluding hydrogens is 332 g/mol. The number of rotatable bonds is 5. The van der Waals surface area contributed by atoms with Crippen molar-refractivity contribution in [2.24, 2.45) is 0 Å². The van der Waals surface area contributed by atoms with Crippen LogP contribution < -0.4 is 10.1 Å². The summed E-state index contributed by atoms with van der Waals surface area (Å²) in [6, 6.07) is 14.8. The van der Waals surface area contributed by atoms with Gasteiger partial charge in [0.15, 0.2) is 0 Å². The molecule has 0 saturated heterocycles. The number of aryl methyl sites for hydroxylation is 2. The zero-order valence-electron chi connectivity index (χ0n) is 14.5. The molecule has 128 valence electrons. The largest absolute Gasteiger partial charge is 0.497 e. The summed E-state index contributed by atoms with van der Waals surface area (Å²) in [7, 11) is 1.61. The molecule has 5 heteroatoms. The first-order chi connectivity index (χ1) is 12.1. The lowest BCUT2D eigenvalue weighted by Crippen LogP contribution is -2.11. The third-order valence-electron chi connectivity index (χ3n) is 3.89. The number of amides is 1. The van der Waals surface area contributed by atoms with E-state index >= 15 is 0 Å². The van der Waals surface area contributed by atoms with Crippen LogP contribution in [0.5, 0.6) is 5.75 Å². The smallest absolute Gasteiger partial charge is 0.255 e. The number of thiazole rings is 1. The third-order valence-corrected chi connectivity index (χ3v) is 5.01. The number of hydrogen-bond acceptors (Lipinski definition) is 4. The number of carbonyl (C=O) groups is 1. The van der Waals surface area contributed by atoms with Crippen LogP contribution in [0.4, 0.5) is 5.69 Å². The number of methoxy groups -OCH3 is 1. The molecule has 0 aliphatic heterocycles. The van der Waals surface area contributed by atoms with Crippen molar-refractivity contribution in [3.05, 3.63) is 64.0 Å². The zero-order valence-corrected chi connectivity index (χ0v) is 15.3. The van der Waals surface area contributed by atoms with Gasteiger partial charge in [0.1, 0.15) is 5.75 Å². The molecule has 0 bridgehead atoms. The second-order valence-corrected chi connectivity index (χ2v) is 6.91. The van der Waals surface area contributed by atoms with Crippen molar-refractivity contribution >= 4 is 22.9 Å². The second kappa shape index (κ2) is 7.49. The van der Waals surface area contributed by atoms with Crippen molar-refractivity contribution in [3.8, 4) is 17.0 Å². The van der Waals surface area contributed by atoms with Crippen molar-refractivity contribution in [2.45, 2.75) is 20.3 Å². The first-order valence-corrected chi connectivity index (χ1v) is 8.94. The Morgan fingerprint density at radius 2 is 1.80 bits per heavy atom. The summed E-state index contributed by atoms with van der Waals surface area (Å²) >= 11 is 1.72. The summed E-state index contributed by atoms with van der Waals surface area (Å²) in [4.78, 5) is 18.3. The van der Waals surface area contributed by atoms with Crippen LogP contribution in [0.3, 0.4) is 0 Å². The summed E-state index contributed by atoms with van der Waals surface area (Å²) < 4.78 is 5.12. The molecule has 0 radical (unpaired) electrons. The Kier molecular flexibility index (Phi) is 5.14. The maximum atomic E-state index is 12.4. The maximum absolute atomic E-state index is 12.4. The normalized spacial score (nSPS) is 10.5. The SMILES string of the molecule is CCc1sc(C)nc1-c1ccc(C(=O)Nc2ccc(OC)cc2)cc1.